The first-order valence-corrected chi connectivity index (χ1v) is 7.28. The fraction of sp³-hybridized carbons (Fsp3) is 0.333. The highest BCUT2D eigenvalue weighted by Gasteiger charge is 2.16. The van der Waals surface area contributed by atoms with Crippen molar-refractivity contribution in [2.45, 2.75) is 40.0 Å². The van der Waals surface area contributed by atoms with Crippen LogP contribution < -0.4 is 0 Å². The Morgan fingerprint density at radius 3 is 1.85 bits per heavy atom. The monoisotopic (exact) mass is 270 g/mol. The number of aromatic hydroxyl groups is 2. The number of aryl methyl sites for hydroxylation is 1. The molecule has 0 aliphatic heterocycles. The topological polar surface area (TPSA) is 40.5 Å². The summed E-state index contributed by atoms with van der Waals surface area (Å²) in [5.74, 6) is 0.344. The summed E-state index contributed by atoms with van der Waals surface area (Å²) in [7, 11) is 0. The van der Waals surface area contributed by atoms with Crippen molar-refractivity contribution in [3.05, 3.63) is 47.0 Å². The summed E-state index contributed by atoms with van der Waals surface area (Å²) in [6.45, 7) is 6.20. The average molecular weight is 270 g/mol. The largest absolute Gasteiger partial charge is 0.508 e. The first kappa shape index (κ1) is 14.4. The van der Waals surface area contributed by atoms with Crippen LogP contribution >= 0.6 is 0 Å². The first-order valence-electron chi connectivity index (χ1n) is 7.28. The SMILES string of the molecule is CCc1ccc(-c2c(O)cc(O)c(CC)c2CC)cc1. The molecule has 0 aromatic heterocycles. The molecule has 106 valence electrons. The molecule has 0 unspecified atom stereocenters. The molecule has 2 heteroatoms. The number of hydrogen-bond donors (Lipinski definition) is 2. The molecule has 0 saturated heterocycles. The Morgan fingerprint density at radius 2 is 1.35 bits per heavy atom. The highest BCUT2D eigenvalue weighted by Crippen LogP contribution is 2.40. The fourth-order valence-electron chi connectivity index (χ4n) is 2.76. The van der Waals surface area contributed by atoms with E-state index in [-0.39, 0.29) is 11.5 Å². The normalized spacial score (nSPS) is 10.8. The summed E-state index contributed by atoms with van der Waals surface area (Å²) < 4.78 is 0. The summed E-state index contributed by atoms with van der Waals surface area (Å²) in [5.41, 5.74) is 5.10. The van der Waals surface area contributed by atoms with Crippen molar-refractivity contribution in [2.75, 3.05) is 0 Å². The van der Waals surface area contributed by atoms with Gasteiger partial charge in [-0.15, -0.1) is 0 Å². The molecule has 0 radical (unpaired) electrons. The molecule has 20 heavy (non-hydrogen) atoms. The van der Waals surface area contributed by atoms with Gasteiger partial charge in [0.2, 0.25) is 0 Å². The zero-order valence-electron chi connectivity index (χ0n) is 12.4. The third-order valence-corrected chi connectivity index (χ3v) is 3.86. The molecule has 2 rings (SSSR count). The Morgan fingerprint density at radius 1 is 0.750 bits per heavy atom. The molecule has 0 spiro atoms. The lowest BCUT2D eigenvalue weighted by molar-refractivity contribution is 0.446. The molecule has 0 heterocycles. The van der Waals surface area contributed by atoms with Gasteiger partial charge in [0.05, 0.1) is 0 Å². The van der Waals surface area contributed by atoms with Gasteiger partial charge < -0.3 is 10.2 Å². The molecule has 2 nitrogen and oxygen atoms in total. The van der Waals surface area contributed by atoms with E-state index in [1.807, 2.05) is 19.1 Å². The second kappa shape index (κ2) is 6.00. The van der Waals surface area contributed by atoms with E-state index in [9.17, 15) is 10.2 Å². The summed E-state index contributed by atoms with van der Waals surface area (Å²) in [4.78, 5) is 0. The van der Waals surface area contributed by atoms with E-state index < -0.39 is 0 Å². The number of hydrogen-bond acceptors (Lipinski definition) is 2. The lowest BCUT2D eigenvalue weighted by Gasteiger charge is -2.16. The Kier molecular flexibility index (Phi) is 4.33. The van der Waals surface area contributed by atoms with Crippen molar-refractivity contribution in [2.24, 2.45) is 0 Å². The highest BCUT2D eigenvalue weighted by atomic mass is 16.3. The van der Waals surface area contributed by atoms with Gasteiger partial charge >= 0.3 is 0 Å². The maximum absolute atomic E-state index is 10.2. The van der Waals surface area contributed by atoms with E-state index in [1.54, 1.807) is 0 Å². The van der Waals surface area contributed by atoms with Crippen molar-refractivity contribution >= 4 is 0 Å². The molecule has 0 bridgehead atoms. The van der Waals surface area contributed by atoms with E-state index in [1.165, 1.54) is 11.6 Å². The van der Waals surface area contributed by atoms with Crippen LogP contribution in [0.25, 0.3) is 11.1 Å². The molecule has 0 saturated carbocycles. The Balaban J connectivity index is 2.65. The molecular formula is C18H22O2. The van der Waals surface area contributed by atoms with Gasteiger partial charge in [0.25, 0.3) is 0 Å². The van der Waals surface area contributed by atoms with Crippen molar-refractivity contribution in [1.82, 2.24) is 0 Å². The van der Waals surface area contributed by atoms with Crippen LogP contribution in [0, 0.1) is 0 Å². The van der Waals surface area contributed by atoms with Gasteiger partial charge in [-0.25, -0.2) is 0 Å². The minimum Gasteiger partial charge on any atom is -0.508 e. The van der Waals surface area contributed by atoms with Crippen LogP contribution in [0.5, 0.6) is 11.5 Å². The smallest absolute Gasteiger partial charge is 0.127 e. The average Bonchev–Trinajstić information content (AvgIpc) is 2.46. The molecule has 0 aliphatic carbocycles. The van der Waals surface area contributed by atoms with E-state index in [4.69, 9.17) is 0 Å². The summed E-state index contributed by atoms with van der Waals surface area (Å²) in [6.07, 6.45) is 2.55. The summed E-state index contributed by atoms with van der Waals surface area (Å²) >= 11 is 0. The molecule has 0 fully saturated rings. The third-order valence-electron chi connectivity index (χ3n) is 3.86. The van der Waals surface area contributed by atoms with Gasteiger partial charge in [-0.2, -0.15) is 0 Å². The molecule has 0 atom stereocenters. The van der Waals surface area contributed by atoms with E-state index in [0.717, 1.165) is 41.5 Å². The predicted molar refractivity (Wildman–Crippen MR) is 83.3 cm³/mol. The van der Waals surface area contributed by atoms with Gasteiger partial charge in [0.1, 0.15) is 11.5 Å². The standard InChI is InChI=1S/C18H22O2/c1-4-12-7-9-13(10-8-12)18-15(6-3)14(5-2)16(19)11-17(18)20/h7-11,19-20H,4-6H2,1-3H3. The lowest BCUT2D eigenvalue weighted by atomic mass is 9.90. The maximum atomic E-state index is 10.2. The Labute approximate surface area is 120 Å². The molecule has 0 amide bonds. The van der Waals surface area contributed by atoms with Crippen LogP contribution in [0.4, 0.5) is 0 Å². The van der Waals surface area contributed by atoms with Crippen molar-refractivity contribution < 1.29 is 10.2 Å². The third kappa shape index (κ3) is 2.51. The van der Waals surface area contributed by atoms with E-state index in [2.05, 4.69) is 26.0 Å². The second-order valence-electron chi connectivity index (χ2n) is 5.00. The number of phenolic OH excluding ortho intramolecular Hbond substituents is 2. The summed E-state index contributed by atoms with van der Waals surface area (Å²) in [5, 5.41) is 20.2. The zero-order chi connectivity index (χ0) is 14.7. The Bertz CT molecular complexity index is 598. The number of rotatable bonds is 4. The van der Waals surface area contributed by atoms with Gasteiger partial charge in [0.15, 0.2) is 0 Å². The molecule has 2 aromatic carbocycles. The van der Waals surface area contributed by atoms with Crippen LogP contribution in [0.3, 0.4) is 0 Å². The molecule has 2 aromatic rings. The van der Waals surface area contributed by atoms with Crippen LogP contribution in [0.1, 0.15) is 37.5 Å². The molecular weight excluding hydrogens is 248 g/mol. The fourth-order valence-corrected chi connectivity index (χ4v) is 2.76. The number of phenols is 2. The molecule has 2 N–H and O–H groups in total. The minimum absolute atomic E-state index is 0.154. The van der Waals surface area contributed by atoms with Crippen LogP contribution in [0.15, 0.2) is 30.3 Å². The van der Waals surface area contributed by atoms with Crippen molar-refractivity contribution in [1.29, 1.82) is 0 Å². The van der Waals surface area contributed by atoms with Crippen molar-refractivity contribution in [3.63, 3.8) is 0 Å². The van der Waals surface area contributed by atoms with Gasteiger partial charge in [-0.1, -0.05) is 45.0 Å². The van der Waals surface area contributed by atoms with Gasteiger partial charge in [0, 0.05) is 11.6 Å². The second-order valence-corrected chi connectivity index (χ2v) is 5.00. The van der Waals surface area contributed by atoms with Gasteiger partial charge in [-0.3, -0.25) is 0 Å². The summed E-state index contributed by atoms with van der Waals surface area (Å²) in [6, 6.07) is 9.73. The van der Waals surface area contributed by atoms with Crippen molar-refractivity contribution in [3.8, 4) is 22.6 Å². The van der Waals surface area contributed by atoms with E-state index in [0.29, 0.717) is 0 Å². The van der Waals surface area contributed by atoms with Crippen LogP contribution in [-0.4, -0.2) is 10.2 Å². The maximum Gasteiger partial charge on any atom is 0.127 e. The Hall–Kier alpha value is -1.96. The first-order chi connectivity index (χ1) is 9.62. The minimum atomic E-state index is 0.154. The highest BCUT2D eigenvalue weighted by molar-refractivity contribution is 5.77. The predicted octanol–water partition coefficient (Wildman–Crippen LogP) is 4.45. The van der Waals surface area contributed by atoms with Crippen LogP contribution in [0.2, 0.25) is 0 Å². The molecule has 0 aliphatic rings. The van der Waals surface area contributed by atoms with Gasteiger partial charge in [-0.05, 0) is 41.5 Å². The lowest BCUT2D eigenvalue weighted by Crippen LogP contribution is -1.97. The van der Waals surface area contributed by atoms with Crippen LogP contribution in [-0.2, 0) is 19.3 Å². The zero-order valence-corrected chi connectivity index (χ0v) is 12.4. The van der Waals surface area contributed by atoms with E-state index >= 15 is 0 Å². The number of benzene rings is 2. The quantitative estimate of drug-likeness (QED) is 0.861.